The van der Waals surface area contributed by atoms with Crippen LogP contribution in [-0.2, 0) is 6.42 Å². The Bertz CT molecular complexity index is 969. The molecule has 5 nitrogen and oxygen atoms in total. The van der Waals surface area contributed by atoms with Crippen molar-refractivity contribution in [1.82, 2.24) is 14.9 Å². The van der Waals surface area contributed by atoms with Gasteiger partial charge in [-0.15, -0.1) is 0 Å². The number of carbonyl (C=O) groups is 1. The number of aryl methyl sites for hydroxylation is 1. The van der Waals surface area contributed by atoms with Gasteiger partial charge in [-0.1, -0.05) is 29.8 Å². The minimum atomic E-state index is -0.146. The van der Waals surface area contributed by atoms with Crippen LogP contribution in [-0.4, -0.2) is 27.3 Å². The van der Waals surface area contributed by atoms with E-state index in [0.717, 1.165) is 29.7 Å². The molecule has 1 amide bonds. The second kappa shape index (κ2) is 7.53. The summed E-state index contributed by atoms with van der Waals surface area (Å²) in [5, 5.41) is 0.700. The van der Waals surface area contributed by atoms with Crippen LogP contribution in [0.5, 0.6) is 0 Å². The Morgan fingerprint density at radius 3 is 3.00 bits per heavy atom. The lowest BCUT2D eigenvalue weighted by atomic mass is 10.1. The third kappa shape index (κ3) is 3.74. The largest absolute Gasteiger partial charge is 0.443 e. The van der Waals surface area contributed by atoms with Crippen molar-refractivity contribution in [3.63, 3.8) is 0 Å². The maximum atomic E-state index is 13.0. The van der Waals surface area contributed by atoms with E-state index in [2.05, 4.69) is 9.97 Å². The van der Waals surface area contributed by atoms with Crippen LogP contribution in [0.2, 0.25) is 5.02 Å². The van der Waals surface area contributed by atoms with Gasteiger partial charge in [-0.3, -0.25) is 9.78 Å². The van der Waals surface area contributed by atoms with Crippen LogP contribution in [0.1, 0.15) is 52.1 Å². The third-order valence-corrected chi connectivity index (χ3v) is 5.08. The summed E-state index contributed by atoms with van der Waals surface area (Å²) in [7, 11) is 0. The van der Waals surface area contributed by atoms with Crippen LogP contribution in [0, 0.1) is 6.92 Å². The van der Waals surface area contributed by atoms with Crippen molar-refractivity contribution in [2.24, 2.45) is 0 Å². The summed E-state index contributed by atoms with van der Waals surface area (Å²) in [6.45, 7) is 2.59. The highest BCUT2D eigenvalue weighted by Gasteiger charge is 2.34. The van der Waals surface area contributed by atoms with Gasteiger partial charge in [0, 0.05) is 24.2 Å². The molecule has 0 saturated carbocycles. The van der Waals surface area contributed by atoms with Crippen LogP contribution in [0.15, 0.2) is 53.2 Å². The molecule has 27 heavy (non-hydrogen) atoms. The van der Waals surface area contributed by atoms with Gasteiger partial charge >= 0.3 is 0 Å². The SMILES string of the molecule is Cc1cccnc1C(=O)N1CCCC1c1ncc(Cc2cccc(Cl)c2)o1. The molecule has 2 aromatic heterocycles. The summed E-state index contributed by atoms with van der Waals surface area (Å²) in [5.74, 6) is 1.29. The molecular formula is C21H20ClN3O2. The fourth-order valence-electron chi connectivity index (χ4n) is 3.52. The molecular weight excluding hydrogens is 362 g/mol. The van der Waals surface area contributed by atoms with E-state index in [9.17, 15) is 4.79 Å². The number of likely N-dealkylation sites (tertiary alicyclic amines) is 1. The zero-order valence-corrected chi connectivity index (χ0v) is 15.8. The van der Waals surface area contributed by atoms with Crippen molar-refractivity contribution in [3.05, 3.63) is 82.3 Å². The molecule has 138 valence electrons. The van der Waals surface area contributed by atoms with E-state index in [4.69, 9.17) is 16.0 Å². The minimum Gasteiger partial charge on any atom is -0.443 e. The van der Waals surface area contributed by atoms with Crippen molar-refractivity contribution < 1.29 is 9.21 Å². The molecule has 3 heterocycles. The topological polar surface area (TPSA) is 59.2 Å². The van der Waals surface area contributed by atoms with Gasteiger partial charge < -0.3 is 9.32 Å². The standard InChI is InChI=1S/C21H20ClN3O2/c1-14-5-3-9-23-19(14)21(26)25-10-4-8-18(25)20-24-13-17(27-20)12-15-6-2-7-16(22)11-15/h2-3,5-7,9,11,13,18H,4,8,10,12H2,1H3. The number of oxazole rings is 1. The first-order valence-electron chi connectivity index (χ1n) is 9.03. The molecule has 0 spiro atoms. The van der Waals surface area contributed by atoms with E-state index in [1.807, 2.05) is 48.2 Å². The number of hydrogen-bond donors (Lipinski definition) is 0. The summed E-state index contributed by atoms with van der Waals surface area (Å²) in [6.07, 6.45) is 5.78. The highest BCUT2D eigenvalue weighted by Crippen LogP contribution is 2.33. The van der Waals surface area contributed by atoms with Gasteiger partial charge in [0.1, 0.15) is 17.5 Å². The van der Waals surface area contributed by atoms with E-state index in [1.54, 1.807) is 12.4 Å². The monoisotopic (exact) mass is 381 g/mol. The Kier molecular flexibility index (Phi) is 4.94. The second-order valence-electron chi connectivity index (χ2n) is 6.80. The van der Waals surface area contributed by atoms with Gasteiger partial charge in [0.05, 0.1) is 6.20 Å². The summed E-state index contributed by atoms with van der Waals surface area (Å²) in [4.78, 5) is 23.5. The normalized spacial score (nSPS) is 16.7. The van der Waals surface area contributed by atoms with Crippen LogP contribution < -0.4 is 0 Å². The molecule has 0 aliphatic carbocycles. The molecule has 0 N–H and O–H groups in total. The molecule has 1 atom stereocenters. The zero-order valence-electron chi connectivity index (χ0n) is 15.1. The Morgan fingerprint density at radius 1 is 1.30 bits per heavy atom. The molecule has 3 aromatic rings. The molecule has 4 rings (SSSR count). The summed E-state index contributed by atoms with van der Waals surface area (Å²) in [6, 6.07) is 11.3. The molecule has 1 aliphatic heterocycles. The zero-order chi connectivity index (χ0) is 18.8. The van der Waals surface area contributed by atoms with Crippen molar-refractivity contribution in [1.29, 1.82) is 0 Å². The number of amides is 1. The average Bonchev–Trinajstić information content (AvgIpc) is 3.30. The molecule has 6 heteroatoms. The number of carbonyl (C=O) groups excluding carboxylic acids is 1. The third-order valence-electron chi connectivity index (χ3n) is 4.85. The van der Waals surface area contributed by atoms with Crippen LogP contribution in [0.25, 0.3) is 0 Å². The summed E-state index contributed by atoms with van der Waals surface area (Å²) < 4.78 is 5.99. The lowest BCUT2D eigenvalue weighted by Crippen LogP contribution is -2.31. The van der Waals surface area contributed by atoms with Crippen LogP contribution >= 0.6 is 11.6 Å². The van der Waals surface area contributed by atoms with Crippen LogP contribution in [0.3, 0.4) is 0 Å². The fraction of sp³-hybridized carbons (Fsp3) is 0.286. The Labute approximate surface area is 163 Å². The molecule has 1 fully saturated rings. The minimum absolute atomic E-state index is 0.0646. The van der Waals surface area contributed by atoms with E-state index in [0.29, 0.717) is 29.6 Å². The highest BCUT2D eigenvalue weighted by atomic mass is 35.5. The van der Waals surface area contributed by atoms with Gasteiger partial charge in [0.2, 0.25) is 5.89 Å². The van der Waals surface area contributed by atoms with Crippen LogP contribution in [0.4, 0.5) is 0 Å². The first-order chi connectivity index (χ1) is 13.1. The predicted octanol–water partition coefficient (Wildman–Crippen LogP) is 4.60. The molecule has 1 saturated heterocycles. The van der Waals surface area contributed by atoms with E-state index >= 15 is 0 Å². The fourth-order valence-corrected chi connectivity index (χ4v) is 3.73. The number of hydrogen-bond acceptors (Lipinski definition) is 4. The summed E-state index contributed by atoms with van der Waals surface area (Å²) in [5.41, 5.74) is 2.44. The van der Waals surface area contributed by atoms with E-state index in [-0.39, 0.29) is 11.9 Å². The second-order valence-corrected chi connectivity index (χ2v) is 7.23. The van der Waals surface area contributed by atoms with Gasteiger partial charge in [0.25, 0.3) is 5.91 Å². The molecule has 1 unspecified atom stereocenters. The molecule has 0 bridgehead atoms. The average molecular weight is 382 g/mol. The Hall–Kier alpha value is -2.66. The number of aromatic nitrogens is 2. The quantitative estimate of drug-likeness (QED) is 0.662. The number of halogens is 1. The van der Waals surface area contributed by atoms with E-state index in [1.165, 1.54) is 0 Å². The van der Waals surface area contributed by atoms with Gasteiger partial charge in [-0.2, -0.15) is 0 Å². The highest BCUT2D eigenvalue weighted by molar-refractivity contribution is 6.30. The first-order valence-corrected chi connectivity index (χ1v) is 9.41. The van der Waals surface area contributed by atoms with Crippen molar-refractivity contribution in [3.8, 4) is 0 Å². The number of nitrogens with zero attached hydrogens (tertiary/aromatic N) is 3. The van der Waals surface area contributed by atoms with E-state index < -0.39 is 0 Å². The lowest BCUT2D eigenvalue weighted by Gasteiger charge is -2.22. The number of benzene rings is 1. The molecule has 1 aliphatic rings. The maximum absolute atomic E-state index is 13.0. The van der Waals surface area contributed by atoms with Gasteiger partial charge in [0.15, 0.2) is 0 Å². The van der Waals surface area contributed by atoms with Crippen molar-refractivity contribution >= 4 is 17.5 Å². The number of rotatable bonds is 4. The number of pyridine rings is 1. The first kappa shape index (κ1) is 17.7. The van der Waals surface area contributed by atoms with Crippen molar-refractivity contribution in [2.45, 2.75) is 32.2 Å². The predicted molar refractivity (Wildman–Crippen MR) is 103 cm³/mol. The smallest absolute Gasteiger partial charge is 0.273 e. The lowest BCUT2D eigenvalue weighted by molar-refractivity contribution is 0.0708. The molecule has 1 aromatic carbocycles. The molecule has 0 radical (unpaired) electrons. The Balaban J connectivity index is 1.53. The van der Waals surface area contributed by atoms with Gasteiger partial charge in [-0.05, 0) is 49.1 Å². The van der Waals surface area contributed by atoms with Gasteiger partial charge in [-0.25, -0.2) is 4.98 Å². The summed E-state index contributed by atoms with van der Waals surface area (Å²) >= 11 is 6.05. The maximum Gasteiger partial charge on any atom is 0.273 e. The van der Waals surface area contributed by atoms with Crippen molar-refractivity contribution in [2.75, 3.05) is 6.54 Å². The Morgan fingerprint density at radius 2 is 2.19 bits per heavy atom.